The zero-order valence-electron chi connectivity index (χ0n) is 14.2. The largest absolute Gasteiger partial charge is 0.379 e. The standard InChI is InChI=1S/C17H14ClF3N2O4S/c18-12-9-15(21)14(20)8-11(12)17(24)22-10-1-2-13(19)16(7-10)28(25,26)23-3-5-27-6-4-23/h1-2,7-9H,3-6H2,(H,22,24). The molecular formula is C17H14ClF3N2O4S. The van der Waals surface area contributed by atoms with Crippen molar-refractivity contribution in [1.29, 1.82) is 0 Å². The van der Waals surface area contributed by atoms with Gasteiger partial charge in [-0.1, -0.05) is 11.6 Å². The number of sulfonamides is 1. The quantitative estimate of drug-likeness (QED) is 0.750. The van der Waals surface area contributed by atoms with Crippen LogP contribution < -0.4 is 5.32 Å². The second kappa shape index (κ2) is 8.08. The Morgan fingerprint density at radius 1 is 1.04 bits per heavy atom. The van der Waals surface area contributed by atoms with E-state index in [0.717, 1.165) is 22.5 Å². The number of hydrogen-bond donors (Lipinski definition) is 1. The van der Waals surface area contributed by atoms with Gasteiger partial charge in [0.2, 0.25) is 10.0 Å². The van der Waals surface area contributed by atoms with Gasteiger partial charge in [-0.2, -0.15) is 4.31 Å². The van der Waals surface area contributed by atoms with E-state index in [9.17, 15) is 26.4 Å². The highest BCUT2D eigenvalue weighted by Crippen LogP contribution is 2.25. The molecule has 1 N–H and O–H groups in total. The summed E-state index contributed by atoms with van der Waals surface area (Å²) in [4.78, 5) is 11.7. The van der Waals surface area contributed by atoms with Gasteiger partial charge in [-0.25, -0.2) is 21.6 Å². The van der Waals surface area contributed by atoms with Crippen LogP contribution in [0.4, 0.5) is 18.9 Å². The molecule has 0 bridgehead atoms. The monoisotopic (exact) mass is 434 g/mol. The van der Waals surface area contributed by atoms with Crippen molar-refractivity contribution >= 4 is 33.2 Å². The number of carbonyl (C=O) groups excluding carboxylic acids is 1. The van der Waals surface area contributed by atoms with E-state index in [4.69, 9.17) is 16.3 Å². The Labute approximate surface area is 163 Å². The fourth-order valence-corrected chi connectivity index (χ4v) is 4.33. The number of nitrogens with one attached hydrogen (secondary N) is 1. The lowest BCUT2D eigenvalue weighted by atomic mass is 10.2. The van der Waals surface area contributed by atoms with Gasteiger partial charge in [0.1, 0.15) is 10.7 Å². The second-order valence-electron chi connectivity index (χ2n) is 5.86. The number of benzene rings is 2. The predicted octanol–water partition coefficient (Wildman–Crippen LogP) is 3.03. The van der Waals surface area contributed by atoms with Crippen LogP contribution in [0.25, 0.3) is 0 Å². The van der Waals surface area contributed by atoms with Crippen LogP contribution in [0.5, 0.6) is 0 Å². The van der Waals surface area contributed by atoms with Crippen LogP contribution in [0, 0.1) is 17.5 Å². The average Bonchev–Trinajstić information content (AvgIpc) is 2.66. The van der Waals surface area contributed by atoms with Gasteiger partial charge in [-0.05, 0) is 30.3 Å². The summed E-state index contributed by atoms with van der Waals surface area (Å²) < 4.78 is 72.2. The first-order chi connectivity index (χ1) is 13.2. The molecule has 1 amide bonds. The fraction of sp³-hybridized carbons (Fsp3) is 0.235. The Morgan fingerprint density at radius 2 is 1.68 bits per heavy atom. The molecule has 0 saturated carbocycles. The Balaban J connectivity index is 1.89. The summed E-state index contributed by atoms with van der Waals surface area (Å²) in [7, 11) is -4.14. The molecule has 2 aromatic rings. The van der Waals surface area contributed by atoms with Gasteiger partial charge >= 0.3 is 0 Å². The lowest BCUT2D eigenvalue weighted by Gasteiger charge is -2.26. The van der Waals surface area contributed by atoms with Crippen molar-refractivity contribution in [3.05, 3.63) is 58.4 Å². The van der Waals surface area contributed by atoms with Crippen LogP contribution in [-0.4, -0.2) is 44.9 Å². The molecular weight excluding hydrogens is 421 g/mol. The van der Waals surface area contributed by atoms with Gasteiger partial charge in [0.25, 0.3) is 5.91 Å². The third-order valence-electron chi connectivity index (χ3n) is 4.03. The summed E-state index contributed by atoms with van der Waals surface area (Å²) in [6.07, 6.45) is 0. The van der Waals surface area contributed by atoms with Crippen LogP contribution in [0.1, 0.15) is 10.4 Å². The number of halogens is 4. The molecule has 1 saturated heterocycles. The second-order valence-corrected chi connectivity index (χ2v) is 8.18. The fourth-order valence-electron chi connectivity index (χ4n) is 2.60. The van der Waals surface area contributed by atoms with Crippen molar-refractivity contribution < 1.29 is 31.1 Å². The molecule has 6 nitrogen and oxygen atoms in total. The molecule has 150 valence electrons. The van der Waals surface area contributed by atoms with Crippen LogP contribution >= 0.6 is 11.6 Å². The summed E-state index contributed by atoms with van der Waals surface area (Å²) in [5.74, 6) is -4.40. The maximum Gasteiger partial charge on any atom is 0.257 e. The minimum atomic E-state index is -4.14. The molecule has 1 heterocycles. The number of morpholine rings is 1. The topological polar surface area (TPSA) is 75.7 Å². The van der Waals surface area contributed by atoms with E-state index >= 15 is 0 Å². The van der Waals surface area contributed by atoms with Crippen LogP contribution in [-0.2, 0) is 14.8 Å². The van der Waals surface area contributed by atoms with Crippen molar-refractivity contribution in [2.75, 3.05) is 31.6 Å². The smallest absolute Gasteiger partial charge is 0.257 e. The van der Waals surface area contributed by atoms with E-state index in [1.165, 1.54) is 0 Å². The van der Waals surface area contributed by atoms with Crippen molar-refractivity contribution in [1.82, 2.24) is 4.31 Å². The first kappa shape index (κ1) is 20.6. The number of ether oxygens (including phenoxy) is 1. The van der Waals surface area contributed by atoms with Crippen molar-refractivity contribution in [3.8, 4) is 0 Å². The molecule has 0 unspecified atom stereocenters. The highest BCUT2D eigenvalue weighted by molar-refractivity contribution is 7.89. The number of rotatable bonds is 4. The lowest BCUT2D eigenvalue weighted by molar-refractivity contribution is 0.0729. The first-order valence-electron chi connectivity index (χ1n) is 8.03. The number of hydrogen-bond acceptors (Lipinski definition) is 4. The molecule has 0 aromatic heterocycles. The zero-order valence-corrected chi connectivity index (χ0v) is 15.8. The average molecular weight is 435 g/mol. The summed E-state index contributed by atoms with van der Waals surface area (Å²) in [6.45, 7) is 0.517. The predicted molar refractivity (Wildman–Crippen MR) is 95.3 cm³/mol. The number of anilines is 1. The van der Waals surface area contributed by atoms with E-state index < -0.39 is 38.3 Å². The third-order valence-corrected chi connectivity index (χ3v) is 6.26. The van der Waals surface area contributed by atoms with E-state index in [2.05, 4.69) is 5.32 Å². The number of amides is 1. The molecule has 0 atom stereocenters. The van der Waals surface area contributed by atoms with Crippen molar-refractivity contribution in [3.63, 3.8) is 0 Å². The van der Waals surface area contributed by atoms with E-state index in [-0.39, 0.29) is 42.6 Å². The molecule has 2 aromatic carbocycles. The highest BCUT2D eigenvalue weighted by Gasteiger charge is 2.29. The minimum absolute atomic E-state index is 0.0564. The number of nitrogens with zero attached hydrogens (tertiary/aromatic N) is 1. The van der Waals surface area contributed by atoms with Gasteiger partial charge in [-0.3, -0.25) is 4.79 Å². The van der Waals surface area contributed by atoms with Gasteiger partial charge in [0.05, 0.1) is 23.8 Å². The molecule has 1 fully saturated rings. The van der Waals surface area contributed by atoms with Gasteiger partial charge in [0, 0.05) is 18.8 Å². The van der Waals surface area contributed by atoms with Crippen LogP contribution in [0.3, 0.4) is 0 Å². The first-order valence-corrected chi connectivity index (χ1v) is 9.85. The minimum Gasteiger partial charge on any atom is -0.379 e. The molecule has 0 spiro atoms. The Morgan fingerprint density at radius 3 is 2.36 bits per heavy atom. The van der Waals surface area contributed by atoms with Crippen LogP contribution in [0.2, 0.25) is 5.02 Å². The van der Waals surface area contributed by atoms with Gasteiger partial charge in [-0.15, -0.1) is 0 Å². The lowest BCUT2D eigenvalue weighted by Crippen LogP contribution is -2.40. The van der Waals surface area contributed by atoms with Crippen LogP contribution in [0.15, 0.2) is 35.2 Å². The molecule has 28 heavy (non-hydrogen) atoms. The molecule has 0 radical (unpaired) electrons. The van der Waals surface area contributed by atoms with Gasteiger partial charge in [0.15, 0.2) is 11.6 Å². The van der Waals surface area contributed by atoms with E-state index in [1.807, 2.05) is 0 Å². The molecule has 0 aliphatic carbocycles. The SMILES string of the molecule is O=C(Nc1ccc(F)c(S(=O)(=O)N2CCOCC2)c1)c1cc(F)c(F)cc1Cl. The van der Waals surface area contributed by atoms with Gasteiger partial charge < -0.3 is 10.1 Å². The van der Waals surface area contributed by atoms with Crippen molar-refractivity contribution in [2.24, 2.45) is 0 Å². The molecule has 1 aliphatic rings. The maximum atomic E-state index is 14.2. The normalized spacial score (nSPS) is 15.4. The Bertz CT molecular complexity index is 1030. The van der Waals surface area contributed by atoms with Crippen molar-refractivity contribution in [2.45, 2.75) is 4.90 Å². The van der Waals surface area contributed by atoms with E-state index in [0.29, 0.717) is 12.1 Å². The third kappa shape index (κ3) is 4.14. The molecule has 11 heteroatoms. The Hall–Kier alpha value is -2.14. The maximum absolute atomic E-state index is 14.2. The summed E-state index contributed by atoms with van der Waals surface area (Å²) in [5, 5.41) is 1.97. The molecule has 1 aliphatic heterocycles. The van der Waals surface area contributed by atoms with E-state index in [1.54, 1.807) is 0 Å². The Kier molecular flexibility index (Phi) is 5.94. The summed E-state index contributed by atoms with van der Waals surface area (Å²) >= 11 is 5.75. The summed E-state index contributed by atoms with van der Waals surface area (Å²) in [6, 6.07) is 4.23. The zero-order chi connectivity index (χ0) is 20.5. The number of carbonyl (C=O) groups is 1. The molecule has 3 rings (SSSR count). The summed E-state index contributed by atoms with van der Waals surface area (Å²) in [5.41, 5.74) is -0.415. The highest BCUT2D eigenvalue weighted by atomic mass is 35.5.